The number of esters is 1. The van der Waals surface area contributed by atoms with Crippen LogP contribution in [0.5, 0.6) is 0 Å². The summed E-state index contributed by atoms with van der Waals surface area (Å²) in [7, 11) is 0. The molecule has 16 heavy (non-hydrogen) atoms. The van der Waals surface area contributed by atoms with Gasteiger partial charge >= 0.3 is 11.9 Å². The Bertz CT molecular complexity index is 249. The summed E-state index contributed by atoms with van der Waals surface area (Å²) in [6.07, 6.45) is 5.95. The second kappa shape index (κ2) is 6.51. The Morgan fingerprint density at radius 2 is 2.06 bits per heavy atom. The minimum Gasteiger partial charge on any atom is -0.481 e. The summed E-state index contributed by atoms with van der Waals surface area (Å²) >= 11 is 0. The molecule has 2 atom stereocenters. The summed E-state index contributed by atoms with van der Waals surface area (Å²) in [4.78, 5) is 21.9. The van der Waals surface area contributed by atoms with Gasteiger partial charge in [-0.2, -0.15) is 0 Å². The van der Waals surface area contributed by atoms with Crippen molar-refractivity contribution in [2.75, 3.05) is 0 Å². The van der Waals surface area contributed by atoms with Crippen LogP contribution in [0.25, 0.3) is 0 Å². The van der Waals surface area contributed by atoms with E-state index in [4.69, 9.17) is 9.84 Å². The molecule has 0 spiro atoms. The number of rotatable bonds is 7. The van der Waals surface area contributed by atoms with Crippen LogP contribution in [0.1, 0.15) is 51.9 Å². The number of carbonyl (C=O) groups excluding carboxylic acids is 1. The Balaban J connectivity index is 2.24. The van der Waals surface area contributed by atoms with Crippen LogP contribution >= 0.6 is 0 Å². The molecule has 1 heterocycles. The van der Waals surface area contributed by atoms with Gasteiger partial charge in [0, 0.05) is 0 Å². The van der Waals surface area contributed by atoms with Crippen LogP contribution in [0, 0.1) is 5.92 Å². The molecule has 0 saturated carbocycles. The third-order valence-corrected chi connectivity index (χ3v) is 3.03. The highest BCUT2D eigenvalue weighted by molar-refractivity contribution is 5.82. The molecule has 1 N–H and O–H groups in total. The van der Waals surface area contributed by atoms with Crippen molar-refractivity contribution in [2.24, 2.45) is 5.92 Å². The molecule has 4 nitrogen and oxygen atoms in total. The molecule has 0 bridgehead atoms. The van der Waals surface area contributed by atoms with Gasteiger partial charge in [-0.3, -0.25) is 9.59 Å². The molecule has 92 valence electrons. The predicted molar refractivity (Wildman–Crippen MR) is 59.0 cm³/mol. The van der Waals surface area contributed by atoms with Crippen molar-refractivity contribution in [2.45, 2.75) is 58.0 Å². The number of carbonyl (C=O) groups is 2. The van der Waals surface area contributed by atoms with E-state index in [0.29, 0.717) is 6.42 Å². The van der Waals surface area contributed by atoms with Crippen molar-refractivity contribution in [3.63, 3.8) is 0 Å². The minimum atomic E-state index is -0.913. The number of aliphatic carboxylic acids is 1. The fourth-order valence-electron chi connectivity index (χ4n) is 2.07. The average Bonchev–Trinajstić information content (AvgIpc) is 2.59. The fourth-order valence-corrected chi connectivity index (χ4v) is 2.07. The number of hydrogen-bond acceptors (Lipinski definition) is 3. The highest BCUT2D eigenvalue weighted by Crippen LogP contribution is 2.26. The Morgan fingerprint density at radius 3 is 2.69 bits per heavy atom. The molecule has 0 unspecified atom stereocenters. The summed E-state index contributed by atoms with van der Waals surface area (Å²) in [5, 5.41) is 8.91. The van der Waals surface area contributed by atoms with Gasteiger partial charge in [-0.05, 0) is 12.8 Å². The van der Waals surface area contributed by atoms with E-state index in [0.717, 1.165) is 12.8 Å². The molecule has 1 aliphatic heterocycles. The van der Waals surface area contributed by atoms with Crippen LogP contribution in [0.15, 0.2) is 0 Å². The molecule has 1 rings (SSSR count). The lowest BCUT2D eigenvalue weighted by Crippen LogP contribution is -2.23. The van der Waals surface area contributed by atoms with Gasteiger partial charge in [0.25, 0.3) is 0 Å². The van der Waals surface area contributed by atoms with Crippen LogP contribution in [0.4, 0.5) is 0 Å². The number of carboxylic acid groups (broad SMARTS) is 1. The molecular weight excluding hydrogens is 208 g/mol. The standard InChI is InChI=1S/C12H20O4/c1-2-3-4-5-6-7-10-9(12(14)15)8-11(13)16-10/h9-10H,2-8H2,1H3,(H,14,15)/t9-,10-/m1/s1. The van der Waals surface area contributed by atoms with Crippen molar-refractivity contribution in [3.05, 3.63) is 0 Å². The Morgan fingerprint density at radius 1 is 1.38 bits per heavy atom. The Labute approximate surface area is 96.0 Å². The zero-order valence-electron chi connectivity index (χ0n) is 9.78. The van der Waals surface area contributed by atoms with Gasteiger partial charge < -0.3 is 9.84 Å². The number of unbranched alkanes of at least 4 members (excludes halogenated alkanes) is 4. The van der Waals surface area contributed by atoms with Gasteiger partial charge in [0.05, 0.1) is 6.42 Å². The maximum atomic E-state index is 11.0. The minimum absolute atomic E-state index is 0.0367. The first-order chi connectivity index (χ1) is 7.65. The lowest BCUT2D eigenvalue weighted by molar-refractivity contribution is -0.144. The van der Waals surface area contributed by atoms with E-state index < -0.39 is 18.0 Å². The first kappa shape index (κ1) is 13.0. The third kappa shape index (κ3) is 3.83. The lowest BCUT2D eigenvalue weighted by atomic mass is 9.96. The first-order valence-corrected chi connectivity index (χ1v) is 6.07. The van der Waals surface area contributed by atoms with Crippen molar-refractivity contribution in [3.8, 4) is 0 Å². The molecule has 0 aromatic heterocycles. The molecular formula is C12H20O4. The summed E-state index contributed by atoms with van der Waals surface area (Å²) < 4.78 is 5.02. The van der Waals surface area contributed by atoms with Gasteiger partial charge in [-0.15, -0.1) is 0 Å². The topological polar surface area (TPSA) is 63.6 Å². The van der Waals surface area contributed by atoms with E-state index in [1.54, 1.807) is 0 Å². The molecule has 0 radical (unpaired) electrons. The number of ether oxygens (including phenoxy) is 1. The van der Waals surface area contributed by atoms with Crippen LogP contribution in [0.3, 0.4) is 0 Å². The zero-order chi connectivity index (χ0) is 12.0. The van der Waals surface area contributed by atoms with Crippen molar-refractivity contribution < 1.29 is 19.4 Å². The number of hydrogen-bond donors (Lipinski definition) is 1. The molecule has 0 aromatic carbocycles. The van der Waals surface area contributed by atoms with E-state index in [9.17, 15) is 9.59 Å². The van der Waals surface area contributed by atoms with Gasteiger partial charge in [-0.1, -0.05) is 32.6 Å². The largest absolute Gasteiger partial charge is 0.481 e. The SMILES string of the molecule is CCCCCCC[C@H]1OC(=O)C[C@H]1C(=O)O. The molecule has 1 fully saturated rings. The first-order valence-electron chi connectivity index (χ1n) is 6.07. The lowest BCUT2D eigenvalue weighted by Gasteiger charge is -2.13. The van der Waals surface area contributed by atoms with E-state index in [1.807, 2.05) is 0 Å². The highest BCUT2D eigenvalue weighted by Gasteiger charge is 2.39. The Hall–Kier alpha value is -1.06. The number of cyclic esters (lactones) is 1. The molecule has 1 saturated heterocycles. The molecule has 0 aromatic rings. The van der Waals surface area contributed by atoms with Crippen molar-refractivity contribution in [1.29, 1.82) is 0 Å². The summed E-state index contributed by atoms with van der Waals surface area (Å²) in [6, 6.07) is 0. The van der Waals surface area contributed by atoms with Crippen LogP contribution in [-0.4, -0.2) is 23.1 Å². The van der Waals surface area contributed by atoms with Crippen LogP contribution in [-0.2, 0) is 14.3 Å². The van der Waals surface area contributed by atoms with Crippen molar-refractivity contribution >= 4 is 11.9 Å². The van der Waals surface area contributed by atoms with Gasteiger partial charge in [0.15, 0.2) is 0 Å². The summed E-state index contributed by atoms with van der Waals surface area (Å²) in [5.41, 5.74) is 0. The smallest absolute Gasteiger partial charge is 0.310 e. The van der Waals surface area contributed by atoms with Crippen molar-refractivity contribution in [1.82, 2.24) is 0 Å². The molecule has 4 heteroatoms. The predicted octanol–water partition coefficient (Wildman–Crippen LogP) is 2.36. The van der Waals surface area contributed by atoms with Gasteiger partial charge in [0.2, 0.25) is 0 Å². The summed E-state index contributed by atoms with van der Waals surface area (Å²) in [6.45, 7) is 2.15. The monoisotopic (exact) mass is 228 g/mol. The molecule has 0 amide bonds. The van der Waals surface area contributed by atoms with E-state index in [-0.39, 0.29) is 12.4 Å². The second-order valence-corrected chi connectivity index (χ2v) is 4.38. The van der Waals surface area contributed by atoms with E-state index in [1.165, 1.54) is 19.3 Å². The quantitative estimate of drug-likeness (QED) is 0.536. The van der Waals surface area contributed by atoms with Gasteiger partial charge in [-0.25, -0.2) is 0 Å². The highest BCUT2D eigenvalue weighted by atomic mass is 16.6. The average molecular weight is 228 g/mol. The Kier molecular flexibility index (Phi) is 5.29. The maximum absolute atomic E-state index is 11.0. The fraction of sp³-hybridized carbons (Fsp3) is 0.833. The van der Waals surface area contributed by atoms with E-state index in [2.05, 4.69) is 6.92 Å². The molecule has 0 aliphatic carbocycles. The van der Waals surface area contributed by atoms with E-state index >= 15 is 0 Å². The van der Waals surface area contributed by atoms with Crippen LogP contribution in [0.2, 0.25) is 0 Å². The summed E-state index contributed by atoms with van der Waals surface area (Å²) in [5.74, 6) is -1.91. The normalized spacial score (nSPS) is 24.4. The number of carboxylic acids is 1. The molecule has 1 aliphatic rings. The van der Waals surface area contributed by atoms with Crippen LogP contribution < -0.4 is 0 Å². The third-order valence-electron chi connectivity index (χ3n) is 3.03. The van der Waals surface area contributed by atoms with Gasteiger partial charge in [0.1, 0.15) is 12.0 Å². The zero-order valence-corrected chi connectivity index (χ0v) is 9.78. The maximum Gasteiger partial charge on any atom is 0.310 e. The second-order valence-electron chi connectivity index (χ2n) is 4.38.